The van der Waals surface area contributed by atoms with Gasteiger partial charge >= 0.3 is 0 Å². The van der Waals surface area contributed by atoms with Crippen LogP contribution in [0.3, 0.4) is 0 Å². The molecule has 2 N–H and O–H groups in total. The number of methoxy groups -OCH3 is 1. The van der Waals surface area contributed by atoms with E-state index in [9.17, 15) is 9.18 Å². The van der Waals surface area contributed by atoms with Gasteiger partial charge in [0.05, 0.1) is 24.2 Å². The van der Waals surface area contributed by atoms with Gasteiger partial charge in [0.2, 0.25) is 5.91 Å². The number of nitrogens with one attached hydrogen (secondary N) is 2. The lowest BCUT2D eigenvalue weighted by molar-refractivity contribution is -0.123. The Kier molecular flexibility index (Phi) is 4.68. The van der Waals surface area contributed by atoms with Gasteiger partial charge in [0, 0.05) is 32.6 Å². The molecule has 0 unspecified atom stereocenters. The van der Waals surface area contributed by atoms with Gasteiger partial charge in [-0.3, -0.25) is 4.79 Å². The largest absolute Gasteiger partial charge is 0.380 e. The third-order valence-electron chi connectivity index (χ3n) is 4.00. The van der Waals surface area contributed by atoms with Crippen LogP contribution in [0.4, 0.5) is 4.39 Å². The third-order valence-corrected chi connectivity index (χ3v) is 4.00. The summed E-state index contributed by atoms with van der Waals surface area (Å²) in [7, 11) is 1.64. The van der Waals surface area contributed by atoms with Crippen LogP contribution in [0, 0.1) is 5.82 Å². The molecule has 122 valence electrons. The Morgan fingerprint density at radius 1 is 1.57 bits per heavy atom. The first-order valence-electron chi connectivity index (χ1n) is 7.48. The number of aromatic nitrogens is 2. The van der Waals surface area contributed by atoms with Crippen LogP contribution < -0.4 is 10.6 Å². The molecule has 2 aromatic rings. The van der Waals surface area contributed by atoms with E-state index in [0.717, 1.165) is 0 Å². The molecule has 3 rings (SSSR count). The van der Waals surface area contributed by atoms with Crippen LogP contribution in [0.5, 0.6) is 0 Å². The molecule has 2 atom stereocenters. The van der Waals surface area contributed by atoms with E-state index in [1.54, 1.807) is 36.2 Å². The quantitative estimate of drug-likeness (QED) is 0.863. The number of carbonyl (C=O) groups is 1. The van der Waals surface area contributed by atoms with Crippen molar-refractivity contribution in [1.82, 2.24) is 20.2 Å². The van der Waals surface area contributed by atoms with Crippen LogP contribution in [0.25, 0.3) is 5.69 Å². The van der Waals surface area contributed by atoms with Crippen molar-refractivity contribution in [2.24, 2.45) is 0 Å². The predicted molar refractivity (Wildman–Crippen MR) is 82.6 cm³/mol. The topological polar surface area (TPSA) is 68.2 Å². The number of hydrogen-bond donors (Lipinski definition) is 2. The lowest BCUT2D eigenvalue weighted by Gasteiger charge is -2.12. The first kappa shape index (κ1) is 15.6. The fourth-order valence-corrected chi connectivity index (χ4v) is 2.67. The number of rotatable bonds is 5. The van der Waals surface area contributed by atoms with E-state index in [1.165, 1.54) is 12.4 Å². The minimum atomic E-state index is -0.354. The maximum atomic E-state index is 14.1. The Hall–Kier alpha value is -2.25. The van der Waals surface area contributed by atoms with Crippen molar-refractivity contribution in [3.63, 3.8) is 0 Å². The molecule has 0 spiro atoms. The molecule has 1 amide bonds. The summed E-state index contributed by atoms with van der Waals surface area (Å²) in [5.41, 5.74) is 1.14. The van der Waals surface area contributed by atoms with Gasteiger partial charge < -0.3 is 19.9 Å². The first-order valence-corrected chi connectivity index (χ1v) is 7.48. The molecule has 0 bridgehead atoms. The molecular weight excluding hydrogens is 299 g/mol. The number of amides is 1. The van der Waals surface area contributed by atoms with Crippen LogP contribution >= 0.6 is 0 Å². The van der Waals surface area contributed by atoms with E-state index in [4.69, 9.17) is 4.74 Å². The van der Waals surface area contributed by atoms with Gasteiger partial charge in [-0.1, -0.05) is 6.07 Å². The zero-order chi connectivity index (χ0) is 16.2. The molecule has 1 fully saturated rings. The smallest absolute Gasteiger partial charge is 0.237 e. The summed E-state index contributed by atoms with van der Waals surface area (Å²) in [6.45, 7) is 0.957. The summed E-state index contributed by atoms with van der Waals surface area (Å²) < 4.78 is 21.0. The summed E-state index contributed by atoms with van der Waals surface area (Å²) in [5.74, 6) is -0.447. The highest BCUT2D eigenvalue weighted by Crippen LogP contribution is 2.15. The number of benzene rings is 1. The van der Waals surface area contributed by atoms with E-state index >= 15 is 0 Å². The molecule has 0 radical (unpaired) electrons. The lowest BCUT2D eigenvalue weighted by atomic mass is 10.1. The number of nitrogens with zero attached hydrogens (tertiary/aromatic N) is 2. The molecule has 0 aliphatic carbocycles. The van der Waals surface area contributed by atoms with Crippen LogP contribution in [-0.2, 0) is 16.1 Å². The van der Waals surface area contributed by atoms with Gasteiger partial charge in [-0.25, -0.2) is 9.37 Å². The van der Waals surface area contributed by atoms with Gasteiger partial charge in [-0.2, -0.15) is 0 Å². The van der Waals surface area contributed by atoms with Crippen molar-refractivity contribution in [2.75, 3.05) is 13.7 Å². The Bertz CT molecular complexity index is 675. The Morgan fingerprint density at radius 3 is 3.09 bits per heavy atom. The minimum Gasteiger partial charge on any atom is -0.380 e. The van der Waals surface area contributed by atoms with Crippen LogP contribution in [-0.4, -0.2) is 41.3 Å². The molecule has 1 aromatic heterocycles. The normalized spacial score (nSPS) is 20.6. The Balaban J connectivity index is 1.58. The van der Waals surface area contributed by atoms with Crippen LogP contribution in [0.1, 0.15) is 12.0 Å². The third kappa shape index (κ3) is 3.57. The van der Waals surface area contributed by atoms with Crippen molar-refractivity contribution < 1.29 is 13.9 Å². The minimum absolute atomic E-state index is 0.0673. The molecule has 7 heteroatoms. The fourth-order valence-electron chi connectivity index (χ4n) is 2.67. The second kappa shape index (κ2) is 6.89. The molecule has 1 aromatic carbocycles. The summed E-state index contributed by atoms with van der Waals surface area (Å²) >= 11 is 0. The SMILES string of the molecule is CO[C@@H]1CN[C@H](C(=O)NCc2ccc(-n3ccnc3)c(F)c2)C1. The zero-order valence-corrected chi connectivity index (χ0v) is 12.8. The first-order chi connectivity index (χ1) is 11.2. The Labute approximate surface area is 133 Å². The number of carbonyl (C=O) groups excluding carboxylic acids is 1. The molecule has 1 aliphatic rings. The van der Waals surface area contributed by atoms with Gasteiger partial charge in [0.25, 0.3) is 0 Å². The second-order valence-electron chi connectivity index (χ2n) is 5.53. The number of ether oxygens (including phenoxy) is 1. The van der Waals surface area contributed by atoms with Crippen molar-refractivity contribution in [3.8, 4) is 5.69 Å². The van der Waals surface area contributed by atoms with Gasteiger partial charge in [-0.15, -0.1) is 0 Å². The molecule has 2 heterocycles. The highest BCUT2D eigenvalue weighted by atomic mass is 19.1. The average molecular weight is 318 g/mol. The monoisotopic (exact) mass is 318 g/mol. The van der Waals surface area contributed by atoms with Crippen LogP contribution in [0.2, 0.25) is 0 Å². The fraction of sp³-hybridized carbons (Fsp3) is 0.375. The van der Waals surface area contributed by atoms with E-state index in [-0.39, 0.29) is 30.4 Å². The summed E-state index contributed by atoms with van der Waals surface area (Å²) in [6.07, 6.45) is 5.53. The highest BCUT2D eigenvalue weighted by Gasteiger charge is 2.28. The van der Waals surface area contributed by atoms with E-state index < -0.39 is 0 Å². The van der Waals surface area contributed by atoms with E-state index in [2.05, 4.69) is 15.6 Å². The maximum Gasteiger partial charge on any atom is 0.237 e. The summed E-state index contributed by atoms with van der Waals surface area (Å²) in [6, 6.07) is 4.64. The number of hydrogen-bond acceptors (Lipinski definition) is 4. The van der Waals surface area contributed by atoms with Crippen LogP contribution in [0.15, 0.2) is 36.9 Å². The highest BCUT2D eigenvalue weighted by molar-refractivity contribution is 5.82. The van der Waals surface area contributed by atoms with Crippen molar-refractivity contribution in [1.29, 1.82) is 0 Å². The summed E-state index contributed by atoms with van der Waals surface area (Å²) in [4.78, 5) is 16.0. The summed E-state index contributed by atoms with van der Waals surface area (Å²) in [5, 5.41) is 5.94. The van der Waals surface area contributed by atoms with Crippen molar-refractivity contribution in [3.05, 3.63) is 48.3 Å². The Morgan fingerprint density at radius 2 is 2.43 bits per heavy atom. The molecule has 23 heavy (non-hydrogen) atoms. The molecule has 0 saturated carbocycles. The van der Waals surface area contributed by atoms with Gasteiger partial charge in [-0.05, 0) is 24.1 Å². The van der Waals surface area contributed by atoms with Crippen molar-refractivity contribution >= 4 is 5.91 Å². The number of halogens is 1. The number of imidazole rings is 1. The zero-order valence-electron chi connectivity index (χ0n) is 12.8. The van der Waals surface area contributed by atoms with E-state index in [1.807, 2.05) is 0 Å². The predicted octanol–water partition coefficient (Wildman–Crippen LogP) is 1.00. The molecule has 1 aliphatic heterocycles. The molecule has 6 nitrogen and oxygen atoms in total. The van der Waals surface area contributed by atoms with Gasteiger partial charge in [0.1, 0.15) is 5.82 Å². The van der Waals surface area contributed by atoms with Crippen molar-refractivity contribution in [2.45, 2.75) is 25.1 Å². The molecular formula is C16H19FN4O2. The van der Waals surface area contributed by atoms with E-state index in [0.29, 0.717) is 24.2 Å². The lowest BCUT2D eigenvalue weighted by Crippen LogP contribution is -2.40. The molecule has 1 saturated heterocycles. The van der Waals surface area contributed by atoms with Gasteiger partial charge in [0.15, 0.2) is 0 Å². The maximum absolute atomic E-state index is 14.1. The second-order valence-corrected chi connectivity index (χ2v) is 5.53. The average Bonchev–Trinajstić information content (AvgIpc) is 3.24. The standard InChI is InChI=1S/C16H19FN4O2/c1-23-12-7-14(19-9-12)16(22)20-8-11-2-3-15(13(17)6-11)21-5-4-18-10-21/h2-6,10,12,14,19H,7-9H2,1H3,(H,20,22)/t12-,14-/m0/s1.